The number of carbonyl (C=O) groups is 1. The summed E-state index contributed by atoms with van der Waals surface area (Å²) < 4.78 is 5.24. The fourth-order valence-electron chi connectivity index (χ4n) is 3.15. The van der Waals surface area contributed by atoms with Crippen molar-refractivity contribution in [3.05, 3.63) is 99.1 Å². The number of anilines is 1. The van der Waals surface area contributed by atoms with Crippen LogP contribution in [0.1, 0.15) is 21.5 Å². The molecule has 0 bridgehead atoms. The normalized spacial score (nSPS) is 10.4. The van der Waals surface area contributed by atoms with Crippen molar-refractivity contribution >= 4 is 35.0 Å². The lowest BCUT2D eigenvalue weighted by atomic mass is 10.1. The third kappa shape index (κ3) is 5.87. The first-order chi connectivity index (χ1) is 17.0. The monoisotopic (exact) mass is 503 g/mol. The van der Waals surface area contributed by atoms with Gasteiger partial charge in [0.2, 0.25) is 0 Å². The largest absolute Gasteiger partial charge is 0.497 e. The number of rotatable bonds is 7. The van der Waals surface area contributed by atoms with Crippen molar-refractivity contribution < 1.29 is 9.53 Å². The first-order valence-corrected chi connectivity index (χ1v) is 11.7. The summed E-state index contributed by atoms with van der Waals surface area (Å²) in [5.41, 5.74) is 2.34. The van der Waals surface area contributed by atoms with Crippen LogP contribution < -0.4 is 15.6 Å². The molecule has 8 nitrogen and oxygen atoms in total. The highest BCUT2D eigenvalue weighted by atomic mass is 35.5. The van der Waals surface area contributed by atoms with Gasteiger partial charge in [0.15, 0.2) is 5.16 Å². The number of thioether (sulfide) groups is 1. The zero-order chi connectivity index (χ0) is 24.8. The Kier molecular flexibility index (Phi) is 7.45. The number of hydrogen-bond donors (Lipinski definition) is 2. The molecule has 2 heterocycles. The van der Waals surface area contributed by atoms with E-state index < -0.39 is 5.56 Å². The van der Waals surface area contributed by atoms with Crippen LogP contribution in [0.15, 0.2) is 76.8 Å². The molecule has 0 fully saturated rings. The van der Waals surface area contributed by atoms with Gasteiger partial charge in [-0.3, -0.25) is 9.59 Å². The van der Waals surface area contributed by atoms with E-state index in [2.05, 4.69) is 20.3 Å². The fraction of sp³-hybridized carbons (Fsp3) is 0.0800. The summed E-state index contributed by atoms with van der Waals surface area (Å²) in [7, 11) is 1.54. The summed E-state index contributed by atoms with van der Waals surface area (Å²) in [6.07, 6.45) is 1.41. The Labute approximate surface area is 210 Å². The zero-order valence-electron chi connectivity index (χ0n) is 18.4. The van der Waals surface area contributed by atoms with Gasteiger partial charge in [0.1, 0.15) is 22.5 Å². The van der Waals surface area contributed by atoms with E-state index in [0.29, 0.717) is 44.3 Å². The molecule has 2 aromatic heterocycles. The zero-order valence-corrected chi connectivity index (χ0v) is 20.0. The third-order valence-corrected chi connectivity index (χ3v) is 6.10. The van der Waals surface area contributed by atoms with Crippen LogP contribution in [-0.4, -0.2) is 28.0 Å². The predicted molar refractivity (Wildman–Crippen MR) is 135 cm³/mol. The Morgan fingerprint density at radius 1 is 1.20 bits per heavy atom. The van der Waals surface area contributed by atoms with E-state index in [4.69, 9.17) is 16.3 Å². The minimum atomic E-state index is -0.502. The van der Waals surface area contributed by atoms with E-state index in [-0.39, 0.29) is 11.5 Å². The number of aromatic nitrogens is 3. The van der Waals surface area contributed by atoms with Gasteiger partial charge in [-0.1, -0.05) is 47.6 Å². The smallest absolute Gasteiger partial charge is 0.270 e. The van der Waals surface area contributed by atoms with E-state index in [1.165, 1.54) is 18.0 Å². The number of carbonyl (C=O) groups excluding carboxylic acids is 1. The molecule has 10 heteroatoms. The van der Waals surface area contributed by atoms with E-state index in [1.807, 2.05) is 18.2 Å². The average molecular weight is 504 g/mol. The van der Waals surface area contributed by atoms with Crippen molar-refractivity contribution in [1.29, 1.82) is 5.26 Å². The molecular formula is C25H18ClN5O3S. The second-order valence-corrected chi connectivity index (χ2v) is 8.60. The van der Waals surface area contributed by atoms with Crippen molar-refractivity contribution in [3.8, 4) is 23.1 Å². The van der Waals surface area contributed by atoms with Crippen LogP contribution >= 0.6 is 23.4 Å². The Morgan fingerprint density at radius 2 is 2.00 bits per heavy atom. The quantitative estimate of drug-likeness (QED) is 0.209. The molecule has 0 unspecified atom stereocenters. The number of pyridine rings is 1. The number of halogens is 1. The van der Waals surface area contributed by atoms with Crippen molar-refractivity contribution in [2.75, 3.05) is 12.4 Å². The van der Waals surface area contributed by atoms with Gasteiger partial charge in [0.05, 0.1) is 18.4 Å². The predicted octanol–water partition coefficient (Wildman–Crippen LogP) is 4.91. The maximum atomic E-state index is 12.5. The van der Waals surface area contributed by atoms with Crippen LogP contribution in [0.2, 0.25) is 5.15 Å². The molecule has 0 aliphatic heterocycles. The molecule has 4 rings (SSSR count). The molecular weight excluding hydrogens is 486 g/mol. The topological polar surface area (TPSA) is 121 Å². The second kappa shape index (κ2) is 10.9. The van der Waals surface area contributed by atoms with Crippen LogP contribution in [0.4, 0.5) is 5.69 Å². The van der Waals surface area contributed by atoms with Gasteiger partial charge in [0.25, 0.3) is 11.5 Å². The van der Waals surface area contributed by atoms with Gasteiger partial charge < -0.3 is 15.0 Å². The van der Waals surface area contributed by atoms with Crippen LogP contribution in [0.5, 0.6) is 5.75 Å². The van der Waals surface area contributed by atoms with Crippen LogP contribution in [-0.2, 0) is 5.75 Å². The van der Waals surface area contributed by atoms with Crippen molar-refractivity contribution in [1.82, 2.24) is 15.0 Å². The standard InChI is InChI=1S/C25H18ClN5O3S/c1-34-19-4-2-3-16(11-19)22-20(12-27)24(33)31-25(30-22)35-14-15-5-8-18(9-6-15)29-23(32)17-7-10-21(26)28-13-17/h2-11,13H,14H2,1H3,(H,29,32)(H,30,31,33). The minimum absolute atomic E-state index is 0.0569. The Bertz CT molecular complexity index is 1460. The lowest BCUT2D eigenvalue weighted by molar-refractivity contribution is 0.102. The van der Waals surface area contributed by atoms with E-state index in [0.717, 1.165) is 5.56 Å². The first kappa shape index (κ1) is 24.0. The number of H-pyrrole nitrogens is 1. The summed E-state index contributed by atoms with van der Waals surface area (Å²) >= 11 is 7.08. The molecule has 174 valence electrons. The van der Waals surface area contributed by atoms with Gasteiger partial charge in [-0.2, -0.15) is 5.26 Å². The number of ether oxygens (including phenoxy) is 1. The lowest BCUT2D eigenvalue weighted by Crippen LogP contribution is -2.14. The number of methoxy groups -OCH3 is 1. The lowest BCUT2D eigenvalue weighted by Gasteiger charge is -2.09. The van der Waals surface area contributed by atoms with Gasteiger partial charge >= 0.3 is 0 Å². The molecule has 2 N–H and O–H groups in total. The minimum Gasteiger partial charge on any atom is -0.497 e. The van der Waals surface area contributed by atoms with Crippen LogP contribution in [0.3, 0.4) is 0 Å². The number of amides is 1. The Balaban J connectivity index is 1.47. The Hall–Kier alpha value is -4.13. The summed E-state index contributed by atoms with van der Waals surface area (Å²) in [5, 5.41) is 13.0. The maximum Gasteiger partial charge on any atom is 0.270 e. The first-order valence-electron chi connectivity index (χ1n) is 10.3. The molecule has 0 aliphatic carbocycles. The molecule has 35 heavy (non-hydrogen) atoms. The second-order valence-electron chi connectivity index (χ2n) is 7.25. The molecule has 0 aliphatic rings. The van der Waals surface area contributed by atoms with E-state index >= 15 is 0 Å². The molecule has 0 atom stereocenters. The molecule has 0 saturated carbocycles. The number of benzene rings is 2. The Morgan fingerprint density at radius 3 is 2.69 bits per heavy atom. The molecule has 4 aromatic rings. The highest BCUT2D eigenvalue weighted by molar-refractivity contribution is 7.98. The molecule has 1 amide bonds. The van der Waals surface area contributed by atoms with Gasteiger partial charge in [-0.15, -0.1) is 0 Å². The number of nitrogens with zero attached hydrogens (tertiary/aromatic N) is 3. The van der Waals surface area contributed by atoms with Crippen LogP contribution in [0, 0.1) is 11.3 Å². The summed E-state index contributed by atoms with van der Waals surface area (Å²) in [5.74, 6) is 0.824. The highest BCUT2D eigenvalue weighted by Gasteiger charge is 2.14. The summed E-state index contributed by atoms with van der Waals surface area (Å²) in [4.78, 5) is 35.9. The number of nitriles is 1. The molecule has 2 aromatic carbocycles. The average Bonchev–Trinajstić information content (AvgIpc) is 2.88. The molecule has 0 radical (unpaired) electrons. The van der Waals surface area contributed by atoms with Crippen LogP contribution in [0.25, 0.3) is 11.3 Å². The molecule has 0 saturated heterocycles. The van der Waals surface area contributed by atoms with Crippen molar-refractivity contribution in [3.63, 3.8) is 0 Å². The number of aromatic amines is 1. The summed E-state index contributed by atoms with van der Waals surface area (Å²) in [6, 6.07) is 19.4. The summed E-state index contributed by atoms with van der Waals surface area (Å²) in [6.45, 7) is 0. The number of nitrogens with one attached hydrogen (secondary N) is 2. The van der Waals surface area contributed by atoms with Gasteiger partial charge in [-0.25, -0.2) is 9.97 Å². The molecule has 0 spiro atoms. The van der Waals surface area contributed by atoms with Crippen molar-refractivity contribution in [2.24, 2.45) is 0 Å². The maximum absolute atomic E-state index is 12.5. The highest BCUT2D eigenvalue weighted by Crippen LogP contribution is 2.27. The van der Waals surface area contributed by atoms with E-state index in [1.54, 1.807) is 55.6 Å². The van der Waals surface area contributed by atoms with E-state index in [9.17, 15) is 14.9 Å². The SMILES string of the molecule is COc1cccc(-c2nc(SCc3ccc(NC(=O)c4ccc(Cl)nc4)cc3)[nH]c(=O)c2C#N)c1. The third-order valence-electron chi connectivity index (χ3n) is 4.93. The van der Waals surface area contributed by atoms with Gasteiger partial charge in [0, 0.05) is 23.2 Å². The fourth-order valence-corrected chi connectivity index (χ4v) is 4.08. The van der Waals surface area contributed by atoms with Gasteiger partial charge in [-0.05, 0) is 42.0 Å². The number of hydrogen-bond acceptors (Lipinski definition) is 7. The van der Waals surface area contributed by atoms with Crippen molar-refractivity contribution in [2.45, 2.75) is 10.9 Å².